The standard InChI is InChI=1S/C10H8N6/c11-5-7-8(14-2-1-13-7)6(12)10-9(5)15-3-4-16-10/h1-4H,11-12H2. The van der Waals surface area contributed by atoms with Gasteiger partial charge in [-0.2, -0.15) is 0 Å². The Balaban J connectivity index is 2.67. The Kier molecular flexibility index (Phi) is 1.64. The summed E-state index contributed by atoms with van der Waals surface area (Å²) in [4.78, 5) is 16.6. The number of nitrogens with two attached hydrogens (primary N) is 2. The Labute approximate surface area is 90.4 Å². The smallest absolute Gasteiger partial charge is 0.116 e. The summed E-state index contributed by atoms with van der Waals surface area (Å²) in [5.41, 5.74) is 15.1. The minimum atomic E-state index is 0.459. The highest BCUT2D eigenvalue weighted by atomic mass is 14.9. The zero-order valence-electron chi connectivity index (χ0n) is 8.25. The van der Waals surface area contributed by atoms with Crippen LogP contribution in [0.1, 0.15) is 0 Å². The molecule has 3 aromatic rings. The summed E-state index contributed by atoms with van der Waals surface area (Å²) < 4.78 is 0. The molecule has 4 N–H and O–H groups in total. The summed E-state index contributed by atoms with van der Waals surface area (Å²) >= 11 is 0. The van der Waals surface area contributed by atoms with Gasteiger partial charge in [0.15, 0.2) is 0 Å². The van der Waals surface area contributed by atoms with Crippen LogP contribution in [0.4, 0.5) is 11.4 Å². The molecule has 0 unspecified atom stereocenters. The average molecular weight is 212 g/mol. The van der Waals surface area contributed by atoms with Gasteiger partial charge < -0.3 is 11.5 Å². The lowest BCUT2D eigenvalue weighted by atomic mass is 10.2. The van der Waals surface area contributed by atoms with E-state index >= 15 is 0 Å². The molecule has 78 valence electrons. The van der Waals surface area contributed by atoms with E-state index in [4.69, 9.17) is 11.5 Å². The number of hydrogen-bond donors (Lipinski definition) is 2. The quantitative estimate of drug-likeness (QED) is 0.323. The highest BCUT2D eigenvalue weighted by molar-refractivity contribution is 6.12. The van der Waals surface area contributed by atoms with Crippen molar-refractivity contribution in [2.75, 3.05) is 11.5 Å². The zero-order chi connectivity index (χ0) is 11.1. The van der Waals surface area contributed by atoms with E-state index in [1.807, 2.05) is 0 Å². The van der Waals surface area contributed by atoms with E-state index in [2.05, 4.69) is 19.9 Å². The molecule has 0 bridgehead atoms. The summed E-state index contributed by atoms with van der Waals surface area (Å²) in [5.74, 6) is 0. The Morgan fingerprint density at radius 1 is 0.562 bits per heavy atom. The number of hydrogen-bond acceptors (Lipinski definition) is 6. The minimum Gasteiger partial charge on any atom is -0.395 e. The molecule has 1 aromatic carbocycles. The first kappa shape index (κ1) is 8.78. The second-order valence-electron chi connectivity index (χ2n) is 3.33. The van der Waals surface area contributed by atoms with Gasteiger partial charge in [-0.1, -0.05) is 0 Å². The van der Waals surface area contributed by atoms with Crippen molar-refractivity contribution in [3.05, 3.63) is 24.8 Å². The number of nitrogen functional groups attached to an aromatic ring is 2. The molecular weight excluding hydrogens is 204 g/mol. The molecule has 0 fully saturated rings. The first-order valence-electron chi connectivity index (χ1n) is 4.67. The van der Waals surface area contributed by atoms with Crippen LogP contribution in [0.3, 0.4) is 0 Å². The monoisotopic (exact) mass is 212 g/mol. The molecule has 6 nitrogen and oxygen atoms in total. The van der Waals surface area contributed by atoms with E-state index in [1.165, 1.54) is 0 Å². The van der Waals surface area contributed by atoms with Crippen molar-refractivity contribution in [2.24, 2.45) is 0 Å². The summed E-state index contributed by atoms with van der Waals surface area (Å²) in [6.07, 6.45) is 6.28. The largest absolute Gasteiger partial charge is 0.395 e. The Morgan fingerprint density at radius 3 is 1.06 bits per heavy atom. The van der Waals surface area contributed by atoms with Crippen molar-refractivity contribution in [2.45, 2.75) is 0 Å². The van der Waals surface area contributed by atoms with Crippen LogP contribution >= 0.6 is 0 Å². The van der Waals surface area contributed by atoms with Crippen molar-refractivity contribution in [3.63, 3.8) is 0 Å². The van der Waals surface area contributed by atoms with E-state index < -0.39 is 0 Å². The van der Waals surface area contributed by atoms with Gasteiger partial charge in [0.25, 0.3) is 0 Å². The maximum Gasteiger partial charge on any atom is 0.116 e. The van der Waals surface area contributed by atoms with E-state index in [9.17, 15) is 0 Å². The first-order valence-corrected chi connectivity index (χ1v) is 4.67. The molecule has 6 heteroatoms. The number of fused-ring (bicyclic) bond motifs is 2. The van der Waals surface area contributed by atoms with Crippen LogP contribution in [0.2, 0.25) is 0 Å². The van der Waals surface area contributed by atoms with Gasteiger partial charge in [0, 0.05) is 24.8 Å². The van der Waals surface area contributed by atoms with Gasteiger partial charge in [-0.15, -0.1) is 0 Å². The third-order valence-electron chi connectivity index (χ3n) is 2.42. The molecule has 0 spiro atoms. The van der Waals surface area contributed by atoms with E-state index in [1.54, 1.807) is 24.8 Å². The van der Waals surface area contributed by atoms with Crippen LogP contribution in [-0.4, -0.2) is 19.9 Å². The van der Waals surface area contributed by atoms with Crippen molar-refractivity contribution in [3.8, 4) is 0 Å². The molecule has 0 radical (unpaired) electrons. The fraction of sp³-hybridized carbons (Fsp3) is 0. The number of anilines is 2. The average Bonchev–Trinajstić information content (AvgIpc) is 2.36. The van der Waals surface area contributed by atoms with Crippen molar-refractivity contribution < 1.29 is 0 Å². The van der Waals surface area contributed by atoms with Crippen LogP contribution in [0.5, 0.6) is 0 Å². The van der Waals surface area contributed by atoms with Gasteiger partial charge in [-0.05, 0) is 0 Å². The highest BCUT2D eigenvalue weighted by Crippen LogP contribution is 2.30. The van der Waals surface area contributed by atoms with Crippen LogP contribution in [0, 0.1) is 0 Å². The second kappa shape index (κ2) is 2.99. The van der Waals surface area contributed by atoms with Gasteiger partial charge in [0.1, 0.15) is 22.1 Å². The first-order chi connectivity index (χ1) is 7.79. The lowest BCUT2D eigenvalue weighted by molar-refractivity contribution is 1.27. The lowest BCUT2D eigenvalue weighted by Crippen LogP contribution is -2.00. The number of benzene rings is 1. The third-order valence-corrected chi connectivity index (χ3v) is 2.42. The fourth-order valence-electron chi connectivity index (χ4n) is 1.69. The van der Waals surface area contributed by atoms with Crippen LogP contribution in [0.25, 0.3) is 22.1 Å². The molecule has 0 aliphatic rings. The molecule has 0 aliphatic carbocycles. The fourth-order valence-corrected chi connectivity index (χ4v) is 1.69. The molecule has 2 aromatic heterocycles. The van der Waals surface area contributed by atoms with Gasteiger partial charge in [-0.25, -0.2) is 0 Å². The predicted molar refractivity (Wildman–Crippen MR) is 61.5 cm³/mol. The molecule has 0 atom stereocenters. The molecular formula is C10H8N6. The van der Waals surface area contributed by atoms with E-state index in [0.717, 1.165) is 0 Å². The number of nitrogens with zero attached hydrogens (tertiary/aromatic N) is 4. The van der Waals surface area contributed by atoms with Crippen LogP contribution in [0.15, 0.2) is 24.8 Å². The molecule has 0 saturated carbocycles. The highest BCUT2D eigenvalue weighted by Gasteiger charge is 2.12. The van der Waals surface area contributed by atoms with Gasteiger partial charge in [0.05, 0.1) is 11.4 Å². The summed E-state index contributed by atoms with van der Waals surface area (Å²) in [6.45, 7) is 0. The molecule has 0 aliphatic heterocycles. The number of rotatable bonds is 0. The van der Waals surface area contributed by atoms with E-state index in [-0.39, 0.29) is 0 Å². The second-order valence-corrected chi connectivity index (χ2v) is 3.33. The van der Waals surface area contributed by atoms with Crippen molar-refractivity contribution in [1.29, 1.82) is 0 Å². The Morgan fingerprint density at radius 2 is 0.812 bits per heavy atom. The Hall–Kier alpha value is -2.50. The van der Waals surface area contributed by atoms with Crippen LogP contribution < -0.4 is 11.5 Å². The normalized spacial score (nSPS) is 11.0. The van der Waals surface area contributed by atoms with Gasteiger partial charge in [0.2, 0.25) is 0 Å². The lowest BCUT2D eigenvalue weighted by Gasteiger charge is -2.07. The summed E-state index contributed by atoms with van der Waals surface area (Å²) in [5, 5.41) is 0. The predicted octanol–water partition coefficient (Wildman–Crippen LogP) is 0.737. The maximum absolute atomic E-state index is 5.96. The van der Waals surface area contributed by atoms with Crippen LogP contribution in [-0.2, 0) is 0 Å². The molecule has 16 heavy (non-hydrogen) atoms. The summed E-state index contributed by atoms with van der Waals surface area (Å²) in [6, 6.07) is 0. The summed E-state index contributed by atoms with van der Waals surface area (Å²) in [7, 11) is 0. The molecule has 2 heterocycles. The van der Waals surface area contributed by atoms with Crippen molar-refractivity contribution >= 4 is 33.4 Å². The maximum atomic E-state index is 5.96. The van der Waals surface area contributed by atoms with Gasteiger partial charge in [-0.3, -0.25) is 19.9 Å². The zero-order valence-corrected chi connectivity index (χ0v) is 8.25. The Bertz CT molecular complexity index is 576. The number of aromatic nitrogens is 4. The molecule has 0 amide bonds. The molecule has 0 saturated heterocycles. The molecule has 3 rings (SSSR count). The van der Waals surface area contributed by atoms with Crippen molar-refractivity contribution in [1.82, 2.24) is 19.9 Å². The topological polar surface area (TPSA) is 104 Å². The van der Waals surface area contributed by atoms with Gasteiger partial charge >= 0.3 is 0 Å². The minimum absolute atomic E-state index is 0.459. The SMILES string of the molecule is Nc1c2nccnc2c(N)c2nccnc12. The van der Waals surface area contributed by atoms with E-state index in [0.29, 0.717) is 33.4 Å². The third kappa shape index (κ3) is 1.01.